The first-order valence-electron chi connectivity index (χ1n) is 5.32. The highest BCUT2D eigenvalue weighted by Gasteiger charge is 2.06. The minimum Gasteiger partial charge on any atom is -0.351 e. The molecule has 0 amide bonds. The highest BCUT2D eigenvalue weighted by atomic mass is 14.9. The molecule has 2 aromatic heterocycles. The molecule has 3 rings (SSSR count). The molecule has 0 saturated carbocycles. The third-order valence-corrected chi connectivity index (χ3v) is 2.85. The minimum absolute atomic E-state index is 1.06. The SMILES string of the molecule is Cn1cccc1-c1cccc2cccnc12. The molecule has 2 nitrogen and oxygen atoms in total. The van der Waals surface area contributed by atoms with Gasteiger partial charge in [-0.2, -0.15) is 0 Å². The van der Waals surface area contributed by atoms with Crippen LogP contribution in [0.15, 0.2) is 54.9 Å². The van der Waals surface area contributed by atoms with Crippen LogP contribution in [0.25, 0.3) is 22.2 Å². The quantitative estimate of drug-likeness (QED) is 0.600. The van der Waals surface area contributed by atoms with Crippen molar-refractivity contribution >= 4 is 10.9 Å². The molecule has 16 heavy (non-hydrogen) atoms. The number of para-hydroxylation sites is 1. The molecule has 0 aliphatic carbocycles. The summed E-state index contributed by atoms with van der Waals surface area (Å²) in [6, 6.07) is 14.5. The lowest BCUT2D eigenvalue weighted by Crippen LogP contribution is -1.91. The maximum atomic E-state index is 4.46. The Morgan fingerprint density at radius 1 is 1.00 bits per heavy atom. The van der Waals surface area contributed by atoms with Gasteiger partial charge in [0.15, 0.2) is 0 Å². The zero-order chi connectivity index (χ0) is 11.0. The van der Waals surface area contributed by atoms with Gasteiger partial charge >= 0.3 is 0 Å². The van der Waals surface area contributed by atoms with Crippen molar-refractivity contribution in [1.29, 1.82) is 0 Å². The van der Waals surface area contributed by atoms with E-state index in [4.69, 9.17) is 0 Å². The van der Waals surface area contributed by atoms with Crippen LogP contribution < -0.4 is 0 Å². The van der Waals surface area contributed by atoms with Crippen LogP contribution in [0.1, 0.15) is 0 Å². The second-order valence-electron chi connectivity index (χ2n) is 3.89. The summed E-state index contributed by atoms with van der Waals surface area (Å²) in [5, 5.41) is 1.18. The molecule has 0 atom stereocenters. The van der Waals surface area contributed by atoms with E-state index in [0.717, 1.165) is 5.52 Å². The van der Waals surface area contributed by atoms with Crippen LogP contribution in [0.2, 0.25) is 0 Å². The van der Waals surface area contributed by atoms with Crippen molar-refractivity contribution in [2.75, 3.05) is 0 Å². The summed E-state index contributed by atoms with van der Waals surface area (Å²) in [6.07, 6.45) is 3.89. The van der Waals surface area contributed by atoms with Crippen molar-refractivity contribution in [3.8, 4) is 11.3 Å². The fourth-order valence-corrected chi connectivity index (χ4v) is 2.05. The maximum Gasteiger partial charge on any atom is 0.0795 e. The number of aryl methyl sites for hydroxylation is 1. The zero-order valence-electron chi connectivity index (χ0n) is 9.09. The molecule has 3 aromatic rings. The van der Waals surface area contributed by atoms with E-state index in [1.54, 1.807) is 0 Å². The Balaban J connectivity index is 2.36. The van der Waals surface area contributed by atoms with Gasteiger partial charge in [-0.15, -0.1) is 0 Å². The van der Waals surface area contributed by atoms with Gasteiger partial charge in [0, 0.05) is 36.1 Å². The third-order valence-electron chi connectivity index (χ3n) is 2.85. The Morgan fingerprint density at radius 3 is 2.69 bits per heavy atom. The van der Waals surface area contributed by atoms with Gasteiger partial charge in [0.2, 0.25) is 0 Å². The maximum absolute atomic E-state index is 4.46. The van der Waals surface area contributed by atoms with E-state index in [0.29, 0.717) is 0 Å². The molecule has 0 aliphatic rings. The smallest absolute Gasteiger partial charge is 0.0795 e. The fraction of sp³-hybridized carbons (Fsp3) is 0.0714. The summed E-state index contributed by atoms with van der Waals surface area (Å²) < 4.78 is 2.11. The van der Waals surface area contributed by atoms with Crippen LogP contribution in [-0.4, -0.2) is 9.55 Å². The summed E-state index contributed by atoms with van der Waals surface area (Å²) in [4.78, 5) is 4.46. The second kappa shape index (κ2) is 3.49. The van der Waals surface area contributed by atoms with E-state index >= 15 is 0 Å². The van der Waals surface area contributed by atoms with Crippen molar-refractivity contribution in [1.82, 2.24) is 9.55 Å². The Labute approximate surface area is 94.2 Å². The Bertz CT molecular complexity index is 633. The molecule has 2 heterocycles. The molecule has 0 bridgehead atoms. The lowest BCUT2D eigenvalue weighted by molar-refractivity contribution is 0.938. The molecule has 78 valence electrons. The highest BCUT2D eigenvalue weighted by molar-refractivity contribution is 5.92. The van der Waals surface area contributed by atoms with E-state index in [1.165, 1.54) is 16.6 Å². The van der Waals surface area contributed by atoms with E-state index in [9.17, 15) is 0 Å². The summed E-state index contributed by atoms with van der Waals surface area (Å²) in [6.45, 7) is 0. The van der Waals surface area contributed by atoms with Gasteiger partial charge < -0.3 is 4.57 Å². The molecule has 0 aliphatic heterocycles. The van der Waals surface area contributed by atoms with Crippen LogP contribution in [0.5, 0.6) is 0 Å². The molecule has 1 aromatic carbocycles. The van der Waals surface area contributed by atoms with E-state index in [1.807, 2.05) is 12.3 Å². The van der Waals surface area contributed by atoms with Crippen LogP contribution in [0, 0.1) is 0 Å². The summed E-state index contributed by atoms with van der Waals surface area (Å²) >= 11 is 0. The Hall–Kier alpha value is -2.09. The van der Waals surface area contributed by atoms with Crippen molar-refractivity contribution in [3.05, 3.63) is 54.9 Å². The number of hydrogen-bond donors (Lipinski definition) is 0. The highest BCUT2D eigenvalue weighted by Crippen LogP contribution is 2.26. The zero-order valence-corrected chi connectivity index (χ0v) is 9.09. The van der Waals surface area contributed by atoms with Crippen LogP contribution in [-0.2, 0) is 7.05 Å². The number of hydrogen-bond acceptors (Lipinski definition) is 1. The average Bonchev–Trinajstić information content (AvgIpc) is 2.75. The van der Waals surface area contributed by atoms with E-state index in [2.05, 4.69) is 59.2 Å². The Kier molecular flexibility index (Phi) is 2.00. The summed E-state index contributed by atoms with van der Waals surface area (Å²) in [5.74, 6) is 0. The predicted octanol–water partition coefficient (Wildman–Crippen LogP) is 3.24. The van der Waals surface area contributed by atoms with Crippen molar-refractivity contribution < 1.29 is 0 Å². The standard InChI is InChI=1S/C14H12N2/c1-16-10-4-8-13(16)12-7-2-5-11-6-3-9-15-14(11)12/h2-10H,1H3. The first-order chi connectivity index (χ1) is 7.86. The predicted molar refractivity (Wildman–Crippen MR) is 66.2 cm³/mol. The van der Waals surface area contributed by atoms with Crippen molar-refractivity contribution in [2.45, 2.75) is 0 Å². The van der Waals surface area contributed by atoms with Gasteiger partial charge in [-0.05, 0) is 18.2 Å². The molecule has 0 N–H and O–H groups in total. The van der Waals surface area contributed by atoms with Crippen LogP contribution >= 0.6 is 0 Å². The van der Waals surface area contributed by atoms with Crippen LogP contribution in [0.3, 0.4) is 0 Å². The molecule has 0 unspecified atom stereocenters. The minimum atomic E-state index is 1.06. The first-order valence-corrected chi connectivity index (χ1v) is 5.32. The Morgan fingerprint density at radius 2 is 1.88 bits per heavy atom. The molecule has 2 heteroatoms. The number of benzene rings is 1. The van der Waals surface area contributed by atoms with Gasteiger partial charge in [-0.1, -0.05) is 24.3 Å². The molecular formula is C14H12N2. The van der Waals surface area contributed by atoms with Gasteiger partial charge in [-0.25, -0.2) is 0 Å². The average molecular weight is 208 g/mol. The normalized spacial score (nSPS) is 10.8. The monoisotopic (exact) mass is 208 g/mol. The van der Waals surface area contributed by atoms with E-state index < -0.39 is 0 Å². The van der Waals surface area contributed by atoms with Gasteiger partial charge in [0.05, 0.1) is 5.52 Å². The molecule has 0 spiro atoms. The van der Waals surface area contributed by atoms with E-state index in [-0.39, 0.29) is 0 Å². The summed E-state index contributed by atoms with van der Waals surface area (Å²) in [5.41, 5.74) is 3.45. The number of rotatable bonds is 1. The molecule has 0 saturated heterocycles. The number of fused-ring (bicyclic) bond motifs is 1. The fourth-order valence-electron chi connectivity index (χ4n) is 2.05. The topological polar surface area (TPSA) is 17.8 Å². The molecule has 0 radical (unpaired) electrons. The number of nitrogens with zero attached hydrogens (tertiary/aromatic N) is 2. The summed E-state index contributed by atoms with van der Waals surface area (Å²) in [7, 11) is 2.05. The lowest BCUT2D eigenvalue weighted by Gasteiger charge is -2.06. The van der Waals surface area contributed by atoms with Gasteiger partial charge in [0.25, 0.3) is 0 Å². The molecule has 0 fully saturated rings. The largest absolute Gasteiger partial charge is 0.351 e. The van der Waals surface area contributed by atoms with Gasteiger partial charge in [-0.3, -0.25) is 4.98 Å². The molecular weight excluding hydrogens is 196 g/mol. The first kappa shape index (κ1) is 9.16. The number of aromatic nitrogens is 2. The second-order valence-corrected chi connectivity index (χ2v) is 3.89. The lowest BCUT2D eigenvalue weighted by atomic mass is 10.1. The third kappa shape index (κ3) is 1.31. The number of pyridine rings is 1. The van der Waals surface area contributed by atoms with Crippen molar-refractivity contribution in [2.24, 2.45) is 7.05 Å². The van der Waals surface area contributed by atoms with Crippen LogP contribution in [0.4, 0.5) is 0 Å². The van der Waals surface area contributed by atoms with Crippen molar-refractivity contribution in [3.63, 3.8) is 0 Å². The van der Waals surface area contributed by atoms with Gasteiger partial charge in [0.1, 0.15) is 0 Å².